The van der Waals surface area contributed by atoms with Gasteiger partial charge in [-0.2, -0.15) is 5.10 Å². The Hall–Kier alpha value is -1.73. The highest BCUT2D eigenvalue weighted by Gasteiger charge is 2.21. The summed E-state index contributed by atoms with van der Waals surface area (Å²) in [6.07, 6.45) is 4.66. The summed E-state index contributed by atoms with van der Waals surface area (Å²) in [6, 6.07) is 1.63. The molecule has 0 amide bonds. The molecule has 0 aliphatic rings. The highest BCUT2D eigenvalue weighted by Crippen LogP contribution is 2.24. The van der Waals surface area contributed by atoms with Crippen LogP contribution in [0.25, 0.3) is 0 Å². The zero-order valence-electron chi connectivity index (χ0n) is 11.2. The largest absolute Gasteiger partial charge is 0.494 e. The maximum Gasteiger partial charge on any atom is 0.216 e. The lowest BCUT2D eigenvalue weighted by molar-refractivity contribution is 0.102. The van der Waals surface area contributed by atoms with Crippen LogP contribution < -0.4 is 4.74 Å². The molecule has 20 heavy (non-hydrogen) atoms. The second-order valence-electron chi connectivity index (χ2n) is 3.96. The van der Waals surface area contributed by atoms with Crippen LogP contribution in [-0.4, -0.2) is 41.4 Å². The number of aromatic nitrogens is 3. The van der Waals surface area contributed by atoms with Gasteiger partial charge in [0.2, 0.25) is 5.78 Å². The van der Waals surface area contributed by atoms with Crippen molar-refractivity contribution in [2.75, 3.05) is 20.8 Å². The van der Waals surface area contributed by atoms with E-state index in [0.29, 0.717) is 34.6 Å². The summed E-state index contributed by atoms with van der Waals surface area (Å²) < 4.78 is 12.4. The number of pyridine rings is 1. The van der Waals surface area contributed by atoms with Crippen LogP contribution >= 0.6 is 15.9 Å². The molecule has 0 aliphatic heterocycles. The summed E-state index contributed by atoms with van der Waals surface area (Å²) in [5.74, 6) is 0.258. The van der Waals surface area contributed by atoms with Crippen LogP contribution in [0.1, 0.15) is 16.1 Å². The zero-order chi connectivity index (χ0) is 14.5. The van der Waals surface area contributed by atoms with Crippen molar-refractivity contribution < 1.29 is 14.3 Å². The van der Waals surface area contributed by atoms with Gasteiger partial charge >= 0.3 is 0 Å². The van der Waals surface area contributed by atoms with Crippen LogP contribution in [0.3, 0.4) is 0 Å². The minimum absolute atomic E-state index is 0.176. The number of rotatable bonds is 6. The molecule has 0 N–H and O–H groups in total. The van der Waals surface area contributed by atoms with Crippen molar-refractivity contribution in [1.29, 1.82) is 0 Å². The lowest BCUT2D eigenvalue weighted by Gasteiger charge is -2.09. The van der Waals surface area contributed by atoms with Gasteiger partial charge in [0.1, 0.15) is 11.4 Å². The predicted molar refractivity (Wildman–Crippen MR) is 76.0 cm³/mol. The van der Waals surface area contributed by atoms with Gasteiger partial charge in [0, 0.05) is 13.3 Å². The third kappa shape index (κ3) is 2.88. The van der Waals surface area contributed by atoms with Crippen molar-refractivity contribution in [2.45, 2.75) is 6.54 Å². The van der Waals surface area contributed by atoms with E-state index in [4.69, 9.17) is 9.47 Å². The lowest BCUT2D eigenvalue weighted by Crippen LogP contribution is -2.15. The lowest BCUT2D eigenvalue weighted by atomic mass is 10.1. The Labute approximate surface area is 124 Å². The van der Waals surface area contributed by atoms with Gasteiger partial charge in [-0.1, -0.05) is 0 Å². The molecule has 0 fully saturated rings. The first-order valence-electron chi connectivity index (χ1n) is 5.92. The van der Waals surface area contributed by atoms with Crippen molar-refractivity contribution in [3.8, 4) is 5.75 Å². The molecule has 0 saturated carbocycles. The average molecular weight is 340 g/mol. The number of carbonyl (C=O) groups excluding carboxylic acids is 1. The molecule has 6 nitrogen and oxygen atoms in total. The minimum Gasteiger partial charge on any atom is -0.494 e. The van der Waals surface area contributed by atoms with Gasteiger partial charge in [0.25, 0.3) is 0 Å². The van der Waals surface area contributed by atoms with Crippen LogP contribution in [0, 0.1) is 0 Å². The summed E-state index contributed by atoms with van der Waals surface area (Å²) >= 11 is 3.35. The van der Waals surface area contributed by atoms with Gasteiger partial charge in [-0.3, -0.25) is 14.5 Å². The first kappa shape index (κ1) is 14.7. The number of ether oxygens (including phenoxy) is 2. The van der Waals surface area contributed by atoms with Crippen molar-refractivity contribution in [3.05, 3.63) is 40.4 Å². The van der Waals surface area contributed by atoms with E-state index < -0.39 is 0 Å². The number of carbonyl (C=O) groups is 1. The predicted octanol–water partition coefficient (Wildman–Crippen LogP) is 1.93. The normalized spacial score (nSPS) is 10.6. The Bertz CT molecular complexity index is 613. The van der Waals surface area contributed by atoms with E-state index in [-0.39, 0.29) is 5.78 Å². The Morgan fingerprint density at radius 1 is 1.40 bits per heavy atom. The molecular weight excluding hydrogens is 326 g/mol. The number of hydrogen-bond donors (Lipinski definition) is 0. The average Bonchev–Trinajstić information content (AvgIpc) is 2.85. The summed E-state index contributed by atoms with van der Waals surface area (Å²) in [6.45, 7) is 0.971. The topological polar surface area (TPSA) is 66.2 Å². The van der Waals surface area contributed by atoms with Crippen molar-refractivity contribution in [1.82, 2.24) is 14.8 Å². The van der Waals surface area contributed by atoms with Gasteiger partial charge < -0.3 is 9.47 Å². The van der Waals surface area contributed by atoms with E-state index >= 15 is 0 Å². The number of halogens is 1. The van der Waals surface area contributed by atoms with Crippen molar-refractivity contribution in [3.63, 3.8) is 0 Å². The standard InChI is InChI=1S/C13H14BrN3O3/c1-19-6-5-17-12(10(14)7-16-17)13(18)9-3-4-15-8-11(9)20-2/h3-4,7-8H,5-6H2,1-2H3. The molecule has 2 aromatic heterocycles. The molecule has 2 heterocycles. The number of methoxy groups -OCH3 is 2. The first-order valence-corrected chi connectivity index (χ1v) is 6.71. The van der Waals surface area contributed by atoms with Gasteiger partial charge in [0.05, 0.1) is 42.7 Å². The maximum absolute atomic E-state index is 12.7. The van der Waals surface area contributed by atoms with Gasteiger partial charge in [-0.25, -0.2) is 0 Å². The Kier molecular flexibility index (Phi) is 4.86. The summed E-state index contributed by atoms with van der Waals surface area (Å²) in [4.78, 5) is 16.6. The Balaban J connectivity index is 2.40. The molecule has 0 unspecified atom stereocenters. The van der Waals surface area contributed by atoms with Gasteiger partial charge in [-0.05, 0) is 22.0 Å². The van der Waals surface area contributed by atoms with Crippen molar-refractivity contribution in [2.24, 2.45) is 0 Å². The molecule has 0 atom stereocenters. The van der Waals surface area contributed by atoms with E-state index in [1.165, 1.54) is 13.3 Å². The molecular formula is C13H14BrN3O3. The SMILES string of the molecule is COCCn1ncc(Br)c1C(=O)c1ccncc1OC. The zero-order valence-corrected chi connectivity index (χ0v) is 12.8. The van der Waals surface area contributed by atoms with Crippen LogP contribution in [0.15, 0.2) is 29.1 Å². The highest BCUT2D eigenvalue weighted by atomic mass is 79.9. The molecule has 0 aliphatic carbocycles. The first-order chi connectivity index (χ1) is 9.69. The van der Waals surface area contributed by atoms with E-state index in [1.54, 1.807) is 30.3 Å². The molecule has 106 valence electrons. The number of ketones is 1. The fraction of sp³-hybridized carbons (Fsp3) is 0.308. The van der Waals surface area contributed by atoms with Crippen molar-refractivity contribution >= 4 is 21.7 Å². The summed E-state index contributed by atoms with van der Waals surface area (Å²) in [5.41, 5.74) is 0.911. The van der Waals surface area contributed by atoms with Crippen LogP contribution in [0.4, 0.5) is 0 Å². The van der Waals surface area contributed by atoms with Gasteiger partial charge in [0.15, 0.2) is 0 Å². The van der Waals surface area contributed by atoms with Gasteiger partial charge in [-0.15, -0.1) is 0 Å². The third-order valence-corrected chi connectivity index (χ3v) is 3.35. The third-order valence-electron chi connectivity index (χ3n) is 2.77. The second-order valence-corrected chi connectivity index (χ2v) is 4.82. The molecule has 0 saturated heterocycles. The van der Waals surface area contributed by atoms with Crippen LogP contribution in [0.2, 0.25) is 0 Å². The number of hydrogen-bond acceptors (Lipinski definition) is 5. The highest BCUT2D eigenvalue weighted by molar-refractivity contribution is 9.10. The number of nitrogens with zero attached hydrogens (tertiary/aromatic N) is 3. The van der Waals surface area contributed by atoms with Crippen LogP contribution in [-0.2, 0) is 11.3 Å². The molecule has 2 aromatic rings. The molecule has 0 aromatic carbocycles. The van der Waals surface area contributed by atoms with E-state index in [1.807, 2.05) is 0 Å². The van der Waals surface area contributed by atoms with E-state index in [9.17, 15) is 4.79 Å². The quantitative estimate of drug-likeness (QED) is 0.752. The van der Waals surface area contributed by atoms with E-state index in [2.05, 4.69) is 26.0 Å². The minimum atomic E-state index is -0.176. The Morgan fingerprint density at radius 3 is 2.90 bits per heavy atom. The second kappa shape index (κ2) is 6.62. The fourth-order valence-electron chi connectivity index (χ4n) is 1.79. The smallest absolute Gasteiger partial charge is 0.216 e. The Morgan fingerprint density at radius 2 is 2.20 bits per heavy atom. The molecule has 0 bridgehead atoms. The van der Waals surface area contributed by atoms with Crippen LogP contribution in [0.5, 0.6) is 5.75 Å². The summed E-state index contributed by atoms with van der Waals surface area (Å²) in [7, 11) is 3.11. The molecule has 0 spiro atoms. The van der Waals surface area contributed by atoms with E-state index in [0.717, 1.165) is 0 Å². The summed E-state index contributed by atoms with van der Waals surface area (Å²) in [5, 5.41) is 4.17. The molecule has 7 heteroatoms. The fourth-order valence-corrected chi connectivity index (χ4v) is 2.27. The molecule has 2 rings (SSSR count). The monoisotopic (exact) mass is 339 g/mol. The molecule has 0 radical (unpaired) electrons. The maximum atomic E-state index is 12.7.